The second-order valence-electron chi connectivity index (χ2n) is 5.63. The van der Waals surface area contributed by atoms with Crippen LogP contribution >= 0.6 is 0 Å². The van der Waals surface area contributed by atoms with Crippen LogP contribution in [0.5, 0.6) is 0 Å². The van der Waals surface area contributed by atoms with Gasteiger partial charge in [-0.25, -0.2) is 8.78 Å². The maximum Gasteiger partial charge on any atom is 0.134 e. The Morgan fingerprint density at radius 1 is 1.04 bits per heavy atom. The SMILES string of the molecule is CCn1nc(C)cc1-c1ccc(NCc2ccccc2F)cc1F. The monoisotopic (exact) mass is 327 g/mol. The zero-order valence-corrected chi connectivity index (χ0v) is 13.7. The van der Waals surface area contributed by atoms with Crippen LogP contribution < -0.4 is 5.32 Å². The fourth-order valence-corrected chi connectivity index (χ4v) is 2.68. The van der Waals surface area contributed by atoms with E-state index in [1.165, 1.54) is 12.1 Å². The Morgan fingerprint density at radius 2 is 1.83 bits per heavy atom. The van der Waals surface area contributed by atoms with Gasteiger partial charge in [0, 0.05) is 29.9 Å². The van der Waals surface area contributed by atoms with Crippen molar-refractivity contribution >= 4 is 5.69 Å². The average molecular weight is 327 g/mol. The van der Waals surface area contributed by atoms with Gasteiger partial charge in [0.25, 0.3) is 0 Å². The first-order valence-corrected chi connectivity index (χ1v) is 7.90. The highest BCUT2D eigenvalue weighted by molar-refractivity contribution is 5.64. The minimum atomic E-state index is -0.330. The molecule has 0 aliphatic rings. The van der Waals surface area contributed by atoms with E-state index in [0.717, 1.165) is 11.4 Å². The van der Waals surface area contributed by atoms with Crippen molar-refractivity contribution in [3.05, 3.63) is 71.4 Å². The van der Waals surface area contributed by atoms with Crippen molar-refractivity contribution in [3.63, 3.8) is 0 Å². The number of hydrogen-bond acceptors (Lipinski definition) is 2. The van der Waals surface area contributed by atoms with Gasteiger partial charge < -0.3 is 5.32 Å². The van der Waals surface area contributed by atoms with Gasteiger partial charge >= 0.3 is 0 Å². The standard InChI is InChI=1S/C19H19F2N3/c1-3-24-19(10-13(2)23-24)16-9-8-15(11-18(16)21)22-12-14-6-4-5-7-17(14)20/h4-11,22H,3,12H2,1-2H3. The highest BCUT2D eigenvalue weighted by Crippen LogP contribution is 2.26. The lowest BCUT2D eigenvalue weighted by molar-refractivity contribution is 0.612. The van der Waals surface area contributed by atoms with Crippen molar-refractivity contribution in [2.24, 2.45) is 0 Å². The molecule has 1 aromatic heterocycles. The fourth-order valence-electron chi connectivity index (χ4n) is 2.68. The molecular formula is C19H19F2N3. The summed E-state index contributed by atoms with van der Waals surface area (Å²) in [6, 6.07) is 13.4. The van der Waals surface area contributed by atoms with Gasteiger partial charge in [-0.2, -0.15) is 5.10 Å². The highest BCUT2D eigenvalue weighted by atomic mass is 19.1. The van der Waals surface area contributed by atoms with E-state index in [2.05, 4.69) is 10.4 Å². The van der Waals surface area contributed by atoms with Crippen LogP contribution in [0.15, 0.2) is 48.5 Å². The minimum absolute atomic E-state index is 0.274. The molecule has 3 aromatic rings. The molecule has 124 valence electrons. The van der Waals surface area contributed by atoms with Gasteiger partial charge in [0.2, 0.25) is 0 Å². The molecule has 0 amide bonds. The number of rotatable bonds is 5. The summed E-state index contributed by atoms with van der Waals surface area (Å²) in [5.41, 5.74) is 3.27. The summed E-state index contributed by atoms with van der Waals surface area (Å²) in [7, 11) is 0. The fraction of sp³-hybridized carbons (Fsp3) is 0.211. The summed E-state index contributed by atoms with van der Waals surface area (Å²) in [4.78, 5) is 0. The Kier molecular flexibility index (Phi) is 4.60. The quantitative estimate of drug-likeness (QED) is 0.731. The van der Waals surface area contributed by atoms with Crippen LogP contribution in [-0.2, 0) is 13.1 Å². The Hall–Kier alpha value is -2.69. The molecule has 24 heavy (non-hydrogen) atoms. The maximum atomic E-state index is 14.5. The second kappa shape index (κ2) is 6.83. The Balaban J connectivity index is 1.81. The molecule has 0 bridgehead atoms. The van der Waals surface area contributed by atoms with E-state index in [-0.39, 0.29) is 11.6 Å². The van der Waals surface area contributed by atoms with E-state index < -0.39 is 0 Å². The third-order valence-electron chi connectivity index (χ3n) is 3.89. The molecule has 0 aliphatic heterocycles. The van der Waals surface area contributed by atoms with Crippen LogP contribution in [-0.4, -0.2) is 9.78 Å². The molecule has 0 fully saturated rings. The molecule has 2 aromatic carbocycles. The Morgan fingerprint density at radius 3 is 2.54 bits per heavy atom. The first-order valence-electron chi connectivity index (χ1n) is 7.90. The molecule has 5 heteroatoms. The van der Waals surface area contributed by atoms with Crippen molar-refractivity contribution in [2.75, 3.05) is 5.32 Å². The van der Waals surface area contributed by atoms with Crippen LogP contribution in [0.25, 0.3) is 11.3 Å². The van der Waals surface area contributed by atoms with E-state index in [0.29, 0.717) is 29.9 Å². The van der Waals surface area contributed by atoms with Gasteiger partial charge in [0.1, 0.15) is 11.6 Å². The summed E-state index contributed by atoms with van der Waals surface area (Å²) >= 11 is 0. The summed E-state index contributed by atoms with van der Waals surface area (Å²) in [5, 5.41) is 7.40. The molecule has 0 aliphatic carbocycles. The van der Waals surface area contributed by atoms with Gasteiger partial charge in [-0.15, -0.1) is 0 Å². The molecular weight excluding hydrogens is 308 g/mol. The number of anilines is 1. The number of aromatic nitrogens is 2. The number of benzene rings is 2. The van der Waals surface area contributed by atoms with Gasteiger partial charge in [-0.1, -0.05) is 18.2 Å². The minimum Gasteiger partial charge on any atom is -0.381 e. The summed E-state index contributed by atoms with van der Waals surface area (Å²) in [6.45, 7) is 4.84. The number of nitrogens with one attached hydrogen (secondary N) is 1. The van der Waals surface area contributed by atoms with Crippen LogP contribution in [0.1, 0.15) is 18.2 Å². The van der Waals surface area contributed by atoms with E-state index in [1.54, 1.807) is 35.0 Å². The van der Waals surface area contributed by atoms with Crippen LogP contribution in [0.2, 0.25) is 0 Å². The lowest BCUT2D eigenvalue weighted by atomic mass is 10.1. The van der Waals surface area contributed by atoms with Crippen molar-refractivity contribution < 1.29 is 8.78 Å². The third kappa shape index (κ3) is 3.30. The average Bonchev–Trinajstić information content (AvgIpc) is 2.95. The van der Waals surface area contributed by atoms with Crippen molar-refractivity contribution in [3.8, 4) is 11.3 Å². The van der Waals surface area contributed by atoms with Gasteiger partial charge in [0.05, 0.1) is 11.4 Å². The Labute approximate surface area is 139 Å². The Bertz CT molecular complexity index is 856. The number of hydrogen-bond donors (Lipinski definition) is 1. The number of nitrogens with zero attached hydrogens (tertiary/aromatic N) is 2. The van der Waals surface area contributed by atoms with Crippen molar-refractivity contribution in [2.45, 2.75) is 26.9 Å². The smallest absolute Gasteiger partial charge is 0.134 e. The summed E-state index contributed by atoms with van der Waals surface area (Å²) in [5.74, 6) is -0.604. The van der Waals surface area contributed by atoms with E-state index in [4.69, 9.17) is 0 Å². The van der Waals surface area contributed by atoms with E-state index in [9.17, 15) is 8.78 Å². The molecule has 3 nitrogen and oxygen atoms in total. The molecule has 0 saturated heterocycles. The molecule has 0 radical (unpaired) electrons. The lowest BCUT2D eigenvalue weighted by Crippen LogP contribution is -2.03. The molecule has 0 unspecified atom stereocenters. The second-order valence-corrected chi connectivity index (χ2v) is 5.63. The highest BCUT2D eigenvalue weighted by Gasteiger charge is 2.12. The largest absolute Gasteiger partial charge is 0.381 e. The summed E-state index contributed by atoms with van der Waals surface area (Å²) in [6.07, 6.45) is 0. The first-order chi connectivity index (χ1) is 11.6. The molecule has 0 saturated carbocycles. The lowest BCUT2D eigenvalue weighted by Gasteiger charge is -2.10. The van der Waals surface area contributed by atoms with Gasteiger partial charge in [-0.3, -0.25) is 4.68 Å². The van der Waals surface area contributed by atoms with Gasteiger partial charge in [-0.05, 0) is 44.2 Å². The van der Waals surface area contributed by atoms with Crippen molar-refractivity contribution in [1.82, 2.24) is 9.78 Å². The third-order valence-corrected chi connectivity index (χ3v) is 3.89. The maximum absolute atomic E-state index is 14.5. The number of halogens is 2. The van der Waals surface area contributed by atoms with Crippen LogP contribution in [0.4, 0.5) is 14.5 Å². The van der Waals surface area contributed by atoms with Crippen molar-refractivity contribution in [1.29, 1.82) is 0 Å². The molecule has 0 spiro atoms. The molecule has 1 heterocycles. The van der Waals surface area contributed by atoms with E-state index in [1.807, 2.05) is 19.9 Å². The number of aryl methyl sites for hydroxylation is 2. The predicted octanol–water partition coefficient (Wildman–Crippen LogP) is 4.77. The zero-order valence-electron chi connectivity index (χ0n) is 13.7. The topological polar surface area (TPSA) is 29.9 Å². The normalized spacial score (nSPS) is 10.8. The predicted molar refractivity (Wildman–Crippen MR) is 91.8 cm³/mol. The molecule has 1 N–H and O–H groups in total. The van der Waals surface area contributed by atoms with E-state index >= 15 is 0 Å². The van der Waals surface area contributed by atoms with Crippen LogP contribution in [0, 0.1) is 18.6 Å². The first kappa shape index (κ1) is 16.2. The summed E-state index contributed by atoms with van der Waals surface area (Å²) < 4.78 is 29.9. The van der Waals surface area contributed by atoms with Gasteiger partial charge in [0.15, 0.2) is 0 Å². The molecule has 3 rings (SSSR count). The van der Waals surface area contributed by atoms with Crippen LogP contribution in [0.3, 0.4) is 0 Å². The molecule has 0 atom stereocenters. The zero-order chi connectivity index (χ0) is 17.1.